The summed E-state index contributed by atoms with van der Waals surface area (Å²) >= 11 is 0. The van der Waals surface area contributed by atoms with Crippen LogP contribution in [0.2, 0.25) is 0 Å². The summed E-state index contributed by atoms with van der Waals surface area (Å²) in [6, 6.07) is 1.80. The number of rotatable bonds is 3. The average molecular weight is 288 g/mol. The van der Waals surface area contributed by atoms with Crippen molar-refractivity contribution >= 4 is 17.0 Å². The monoisotopic (exact) mass is 288 g/mol. The van der Waals surface area contributed by atoms with Crippen LogP contribution in [0.1, 0.15) is 26.6 Å². The zero-order chi connectivity index (χ0) is 15.8. The molecule has 0 bridgehead atoms. The normalized spacial score (nSPS) is 11.5. The molecule has 2 heterocycles. The fourth-order valence-corrected chi connectivity index (χ4v) is 2.03. The van der Waals surface area contributed by atoms with Crippen molar-refractivity contribution < 1.29 is 9.90 Å². The Labute approximate surface area is 120 Å². The first-order valence-electron chi connectivity index (χ1n) is 6.29. The predicted molar refractivity (Wildman–Crippen MR) is 71.0 cm³/mol. The van der Waals surface area contributed by atoms with Gasteiger partial charge in [-0.1, -0.05) is 20.8 Å². The number of hydrogen-bond donors (Lipinski definition) is 0. The van der Waals surface area contributed by atoms with E-state index in [4.69, 9.17) is 5.26 Å². The molecule has 0 aliphatic heterocycles. The van der Waals surface area contributed by atoms with E-state index in [1.54, 1.807) is 6.07 Å². The highest BCUT2D eigenvalue weighted by molar-refractivity contribution is 5.74. The predicted octanol–water partition coefficient (Wildman–Crippen LogP) is -0.739. The second-order valence-electron chi connectivity index (χ2n) is 5.90. The molecule has 0 saturated heterocycles. The van der Waals surface area contributed by atoms with Crippen molar-refractivity contribution in [2.24, 2.45) is 5.41 Å². The molecule has 0 spiro atoms. The molecule has 110 valence electrons. The summed E-state index contributed by atoms with van der Waals surface area (Å²) in [5.74, 6) is -1.45. The van der Waals surface area contributed by atoms with Crippen molar-refractivity contribution in [2.75, 3.05) is 0 Å². The van der Waals surface area contributed by atoms with Gasteiger partial charge in [0.2, 0.25) is 5.82 Å². The number of carboxylic acid groups (broad SMARTS) is 1. The van der Waals surface area contributed by atoms with E-state index in [2.05, 4.69) is 9.97 Å². The minimum Gasteiger partial charge on any atom is -0.548 e. The Hall–Kier alpha value is -2.69. The maximum absolute atomic E-state index is 12.3. The number of carbonyl (C=O) groups excluding carboxylic acids is 1. The molecule has 0 aliphatic carbocycles. The number of carbonyl (C=O) groups is 1. The zero-order valence-corrected chi connectivity index (χ0v) is 12.0. The summed E-state index contributed by atoms with van der Waals surface area (Å²) in [5, 5.41) is 19.9. The summed E-state index contributed by atoms with van der Waals surface area (Å²) in [4.78, 5) is 30.9. The lowest BCUT2D eigenvalue weighted by molar-refractivity contribution is -0.307. The highest BCUT2D eigenvalue weighted by Gasteiger charge is 2.20. The third-order valence-corrected chi connectivity index (χ3v) is 2.77. The Morgan fingerprint density at radius 1 is 1.43 bits per heavy atom. The van der Waals surface area contributed by atoms with Gasteiger partial charge in [-0.3, -0.25) is 9.48 Å². The Bertz CT molecular complexity index is 804. The lowest BCUT2D eigenvalue weighted by Gasteiger charge is -2.22. The number of hydrogen-bond acceptors (Lipinski definition) is 6. The molecular weight excluding hydrogens is 274 g/mol. The smallest absolute Gasteiger partial charge is 0.278 e. The van der Waals surface area contributed by atoms with E-state index < -0.39 is 18.1 Å². The lowest BCUT2D eigenvalue weighted by atomic mass is 9.97. The van der Waals surface area contributed by atoms with Crippen LogP contribution in [0.3, 0.4) is 0 Å². The first kappa shape index (κ1) is 14.7. The van der Waals surface area contributed by atoms with E-state index >= 15 is 0 Å². The molecule has 0 unspecified atom stereocenters. The molecule has 0 fully saturated rings. The van der Waals surface area contributed by atoms with Crippen LogP contribution in [0.15, 0.2) is 11.0 Å². The molecule has 0 aliphatic rings. The third kappa shape index (κ3) is 2.91. The maximum Gasteiger partial charge on any atom is 0.278 e. The molecule has 0 atom stereocenters. The molecule has 2 rings (SSSR count). The lowest BCUT2D eigenvalue weighted by Crippen LogP contribution is -2.36. The molecule has 8 nitrogen and oxygen atoms in total. The summed E-state index contributed by atoms with van der Waals surface area (Å²) in [6.45, 7) is 5.62. The summed E-state index contributed by atoms with van der Waals surface area (Å²) in [5.41, 5.74) is -0.477. The fourth-order valence-electron chi connectivity index (χ4n) is 2.03. The Balaban J connectivity index is 2.77. The number of nitriles is 1. The number of aromatic nitrogens is 4. The van der Waals surface area contributed by atoms with Gasteiger partial charge in [0, 0.05) is 12.7 Å². The minimum absolute atomic E-state index is 0.0734. The van der Waals surface area contributed by atoms with Crippen molar-refractivity contribution in [3.8, 4) is 6.07 Å². The average Bonchev–Trinajstić information content (AvgIpc) is 2.61. The van der Waals surface area contributed by atoms with Gasteiger partial charge in [0.15, 0.2) is 5.65 Å². The number of aliphatic carboxylic acids is 1. The molecule has 0 N–H and O–H groups in total. The van der Waals surface area contributed by atoms with Crippen LogP contribution in [-0.4, -0.2) is 25.3 Å². The number of nitrogens with zero attached hydrogens (tertiary/aromatic N) is 5. The SMILES string of the molecule is CC(C)(C)Cn1c2nc(C#N)ncc2c(=O)n1CC(=O)[O-]. The molecule has 0 radical (unpaired) electrons. The summed E-state index contributed by atoms with van der Waals surface area (Å²) in [7, 11) is 0. The molecule has 21 heavy (non-hydrogen) atoms. The van der Waals surface area contributed by atoms with Crippen LogP contribution in [-0.2, 0) is 17.9 Å². The van der Waals surface area contributed by atoms with E-state index in [-0.39, 0.29) is 22.3 Å². The van der Waals surface area contributed by atoms with Crippen molar-refractivity contribution in [2.45, 2.75) is 33.9 Å². The second-order valence-corrected chi connectivity index (χ2v) is 5.90. The van der Waals surface area contributed by atoms with Gasteiger partial charge < -0.3 is 9.90 Å². The molecule has 2 aromatic rings. The zero-order valence-electron chi connectivity index (χ0n) is 12.0. The van der Waals surface area contributed by atoms with Crippen LogP contribution >= 0.6 is 0 Å². The fraction of sp³-hybridized carbons (Fsp3) is 0.462. The topological polar surface area (TPSA) is 117 Å². The van der Waals surface area contributed by atoms with Gasteiger partial charge in [-0.2, -0.15) is 10.2 Å². The van der Waals surface area contributed by atoms with Gasteiger partial charge in [0.25, 0.3) is 5.56 Å². The van der Waals surface area contributed by atoms with Crippen LogP contribution in [0, 0.1) is 16.7 Å². The molecular formula is C13H14N5O3-. The van der Waals surface area contributed by atoms with Crippen LogP contribution in [0.25, 0.3) is 11.0 Å². The molecule has 0 amide bonds. The molecule has 8 heteroatoms. The van der Waals surface area contributed by atoms with Gasteiger partial charge >= 0.3 is 0 Å². The Morgan fingerprint density at radius 2 is 2.10 bits per heavy atom. The molecule has 0 aromatic carbocycles. The van der Waals surface area contributed by atoms with Crippen molar-refractivity contribution in [3.05, 3.63) is 22.4 Å². The van der Waals surface area contributed by atoms with Crippen molar-refractivity contribution in [3.63, 3.8) is 0 Å². The molecule has 0 saturated carbocycles. The molecule has 2 aromatic heterocycles. The Morgan fingerprint density at radius 3 is 2.62 bits per heavy atom. The van der Waals surface area contributed by atoms with Gasteiger partial charge in [-0.25, -0.2) is 9.67 Å². The van der Waals surface area contributed by atoms with Gasteiger partial charge in [0.1, 0.15) is 11.5 Å². The summed E-state index contributed by atoms with van der Waals surface area (Å²) in [6.07, 6.45) is 1.24. The van der Waals surface area contributed by atoms with Crippen molar-refractivity contribution in [1.82, 2.24) is 19.3 Å². The van der Waals surface area contributed by atoms with Crippen LogP contribution < -0.4 is 10.7 Å². The first-order chi connectivity index (χ1) is 9.73. The van der Waals surface area contributed by atoms with Crippen LogP contribution in [0.4, 0.5) is 0 Å². The van der Waals surface area contributed by atoms with Gasteiger partial charge in [-0.15, -0.1) is 0 Å². The second kappa shape index (κ2) is 5.01. The number of fused-ring (bicyclic) bond motifs is 1. The van der Waals surface area contributed by atoms with E-state index in [1.807, 2.05) is 20.8 Å². The van der Waals surface area contributed by atoms with E-state index in [0.29, 0.717) is 6.54 Å². The van der Waals surface area contributed by atoms with E-state index in [1.165, 1.54) is 10.9 Å². The van der Waals surface area contributed by atoms with Crippen molar-refractivity contribution in [1.29, 1.82) is 5.26 Å². The Kier molecular flexibility index (Phi) is 3.51. The highest BCUT2D eigenvalue weighted by Crippen LogP contribution is 2.19. The highest BCUT2D eigenvalue weighted by atomic mass is 16.4. The van der Waals surface area contributed by atoms with E-state index in [9.17, 15) is 14.7 Å². The minimum atomic E-state index is -1.37. The standard InChI is InChI=1S/C13H15N5O3/c1-13(2,3)7-18-11-8(5-15-9(4-14)16-11)12(21)17(18)6-10(19)20/h5H,6-7H2,1-3H3,(H,19,20)/p-1. The maximum atomic E-state index is 12.3. The van der Waals surface area contributed by atoms with Gasteiger partial charge in [-0.05, 0) is 5.41 Å². The first-order valence-corrected chi connectivity index (χ1v) is 6.29. The van der Waals surface area contributed by atoms with Gasteiger partial charge in [0.05, 0.1) is 12.5 Å². The quantitative estimate of drug-likeness (QED) is 0.734. The third-order valence-electron chi connectivity index (χ3n) is 2.77. The van der Waals surface area contributed by atoms with Crippen LogP contribution in [0.5, 0.6) is 0 Å². The summed E-state index contributed by atoms with van der Waals surface area (Å²) < 4.78 is 2.52. The largest absolute Gasteiger partial charge is 0.548 e. The van der Waals surface area contributed by atoms with E-state index in [0.717, 1.165) is 4.68 Å². The number of carboxylic acids is 1.